The molecule has 0 aromatic heterocycles. The average molecular weight is 334 g/mol. The van der Waals surface area contributed by atoms with Crippen molar-refractivity contribution in [2.24, 2.45) is 0 Å². The van der Waals surface area contributed by atoms with Crippen molar-refractivity contribution in [3.63, 3.8) is 0 Å². The normalized spacial score (nSPS) is 18.6. The van der Waals surface area contributed by atoms with Crippen LogP contribution in [0.3, 0.4) is 0 Å². The van der Waals surface area contributed by atoms with Crippen LogP contribution in [0.4, 0.5) is 0 Å². The number of halogens is 2. The Kier molecular flexibility index (Phi) is 5.47. The third-order valence-corrected chi connectivity index (χ3v) is 5.78. The molecule has 0 saturated carbocycles. The Morgan fingerprint density at radius 3 is 2.90 bits per heavy atom. The molecular weight excluding hydrogens is 317 g/mol. The highest BCUT2D eigenvalue weighted by Gasteiger charge is 2.29. The topological polar surface area (TPSA) is 46.2 Å². The molecule has 2 atom stereocenters. The maximum absolute atomic E-state index is 12.4. The molecule has 6 heteroatoms. The maximum Gasteiger partial charge on any atom is 0.216 e. The highest BCUT2D eigenvalue weighted by Crippen LogP contribution is 2.41. The predicted octanol–water partition coefficient (Wildman–Crippen LogP) is 3.26. The van der Waals surface area contributed by atoms with Crippen LogP contribution in [0.5, 0.6) is 0 Å². The third-order valence-electron chi connectivity index (χ3n) is 3.41. The van der Waals surface area contributed by atoms with Gasteiger partial charge in [0.15, 0.2) is 0 Å². The first-order valence-electron chi connectivity index (χ1n) is 6.58. The lowest BCUT2D eigenvalue weighted by Gasteiger charge is -2.12. The van der Waals surface area contributed by atoms with Gasteiger partial charge < -0.3 is 5.32 Å². The molecule has 0 saturated heterocycles. The standard InChI is InChI=1S/C14H17Cl2NO2S/c1-9(18)17-5-2-6-20(19)14-4-3-11-12(14)7-10(15)8-13(11)16/h7-8,14H,2-6H2,1H3,(H,17,18). The van der Waals surface area contributed by atoms with E-state index in [0.29, 0.717) is 28.8 Å². The quantitative estimate of drug-likeness (QED) is 0.840. The molecule has 0 aliphatic heterocycles. The van der Waals surface area contributed by atoms with Gasteiger partial charge in [0.1, 0.15) is 0 Å². The van der Waals surface area contributed by atoms with E-state index in [4.69, 9.17) is 23.2 Å². The molecule has 0 radical (unpaired) electrons. The third kappa shape index (κ3) is 3.74. The van der Waals surface area contributed by atoms with Crippen LogP contribution < -0.4 is 5.32 Å². The molecule has 1 aromatic carbocycles. The second-order valence-electron chi connectivity index (χ2n) is 4.90. The van der Waals surface area contributed by atoms with Crippen molar-refractivity contribution in [3.8, 4) is 0 Å². The molecule has 0 spiro atoms. The fraction of sp³-hybridized carbons (Fsp3) is 0.500. The molecule has 1 aliphatic rings. The molecule has 1 aliphatic carbocycles. The summed E-state index contributed by atoms with van der Waals surface area (Å²) >= 11 is 12.2. The molecule has 1 amide bonds. The zero-order valence-electron chi connectivity index (χ0n) is 11.2. The zero-order chi connectivity index (χ0) is 14.7. The highest BCUT2D eigenvalue weighted by atomic mass is 35.5. The van der Waals surface area contributed by atoms with Crippen molar-refractivity contribution >= 4 is 39.9 Å². The molecule has 0 heterocycles. The van der Waals surface area contributed by atoms with Crippen molar-refractivity contribution in [1.82, 2.24) is 5.32 Å². The van der Waals surface area contributed by atoms with Gasteiger partial charge in [-0.25, -0.2) is 0 Å². The van der Waals surface area contributed by atoms with Gasteiger partial charge in [0.05, 0.1) is 5.25 Å². The van der Waals surface area contributed by atoms with Crippen molar-refractivity contribution in [2.75, 3.05) is 12.3 Å². The van der Waals surface area contributed by atoms with Crippen molar-refractivity contribution in [2.45, 2.75) is 31.4 Å². The first-order valence-corrected chi connectivity index (χ1v) is 8.72. The molecule has 3 nitrogen and oxygen atoms in total. The Bertz CT molecular complexity index is 548. The van der Waals surface area contributed by atoms with Crippen LogP contribution in [0.15, 0.2) is 12.1 Å². The molecule has 1 N–H and O–H groups in total. The van der Waals surface area contributed by atoms with Gasteiger partial charge >= 0.3 is 0 Å². The number of amides is 1. The molecule has 0 fully saturated rings. The number of carbonyl (C=O) groups is 1. The zero-order valence-corrected chi connectivity index (χ0v) is 13.6. The molecular formula is C14H17Cl2NO2S. The summed E-state index contributed by atoms with van der Waals surface area (Å²) in [5.74, 6) is 0.523. The lowest BCUT2D eigenvalue weighted by atomic mass is 10.1. The molecule has 110 valence electrons. The number of carbonyl (C=O) groups excluding carboxylic acids is 1. The Balaban J connectivity index is 1.99. The monoisotopic (exact) mass is 333 g/mol. The van der Waals surface area contributed by atoms with E-state index in [9.17, 15) is 9.00 Å². The summed E-state index contributed by atoms with van der Waals surface area (Å²) in [6.07, 6.45) is 2.42. The van der Waals surface area contributed by atoms with Gasteiger partial charge in [-0.2, -0.15) is 0 Å². The van der Waals surface area contributed by atoms with Gasteiger partial charge in [0.25, 0.3) is 0 Å². The number of benzene rings is 1. The van der Waals surface area contributed by atoms with Gasteiger partial charge in [-0.15, -0.1) is 0 Å². The minimum Gasteiger partial charge on any atom is -0.356 e. The second-order valence-corrected chi connectivity index (χ2v) is 7.49. The summed E-state index contributed by atoms with van der Waals surface area (Å²) in [6.45, 7) is 2.05. The van der Waals surface area contributed by atoms with Gasteiger partial charge in [-0.1, -0.05) is 23.2 Å². The SMILES string of the molecule is CC(=O)NCCCS(=O)C1CCc2c(Cl)cc(Cl)cc21. The summed E-state index contributed by atoms with van der Waals surface area (Å²) in [5.41, 5.74) is 2.11. The second kappa shape index (κ2) is 6.92. The summed E-state index contributed by atoms with van der Waals surface area (Å²) in [5, 5.41) is 3.99. The Labute approximate surface area is 131 Å². The summed E-state index contributed by atoms with van der Waals surface area (Å²) in [6, 6.07) is 3.62. The summed E-state index contributed by atoms with van der Waals surface area (Å²) in [7, 11) is -0.957. The largest absolute Gasteiger partial charge is 0.356 e. The van der Waals surface area contributed by atoms with Crippen LogP contribution in [-0.4, -0.2) is 22.4 Å². The van der Waals surface area contributed by atoms with E-state index in [1.165, 1.54) is 6.92 Å². The van der Waals surface area contributed by atoms with Gasteiger partial charge in [0, 0.05) is 40.1 Å². The smallest absolute Gasteiger partial charge is 0.216 e. The van der Waals surface area contributed by atoms with E-state index in [0.717, 1.165) is 24.0 Å². The van der Waals surface area contributed by atoms with Gasteiger partial charge in [-0.05, 0) is 42.5 Å². The number of fused-ring (bicyclic) bond motifs is 1. The van der Waals surface area contributed by atoms with E-state index in [1.807, 2.05) is 6.07 Å². The van der Waals surface area contributed by atoms with Crippen LogP contribution >= 0.6 is 23.2 Å². The minimum absolute atomic E-state index is 0.0125. The van der Waals surface area contributed by atoms with Crippen molar-refractivity contribution < 1.29 is 9.00 Å². The first-order chi connectivity index (χ1) is 9.49. The maximum atomic E-state index is 12.4. The predicted molar refractivity (Wildman–Crippen MR) is 83.8 cm³/mol. The molecule has 2 unspecified atom stereocenters. The van der Waals surface area contributed by atoms with E-state index in [2.05, 4.69) is 5.32 Å². The number of hydrogen-bond acceptors (Lipinski definition) is 2. The Morgan fingerprint density at radius 2 is 2.20 bits per heavy atom. The average Bonchev–Trinajstić information content (AvgIpc) is 2.78. The Hall–Kier alpha value is -0.580. The van der Waals surface area contributed by atoms with E-state index >= 15 is 0 Å². The minimum atomic E-state index is -0.957. The van der Waals surface area contributed by atoms with E-state index < -0.39 is 10.8 Å². The fourth-order valence-corrected chi connectivity index (χ4v) is 4.69. The van der Waals surface area contributed by atoms with Gasteiger partial charge in [0.2, 0.25) is 5.91 Å². The summed E-state index contributed by atoms with van der Waals surface area (Å²) < 4.78 is 12.4. The van der Waals surface area contributed by atoms with Crippen LogP contribution in [0, 0.1) is 0 Å². The van der Waals surface area contributed by atoms with Crippen LogP contribution in [0.1, 0.15) is 36.1 Å². The summed E-state index contributed by atoms with van der Waals surface area (Å²) in [4.78, 5) is 10.8. The lowest BCUT2D eigenvalue weighted by molar-refractivity contribution is -0.118. The number of hydrogen-bond donors (Lipinski definition) is 1. The van der Waals surface area contributed by atoms with Gasteiger partial charge in [-0.3, -0.25) is 9.00 Å². The molecule has 0 bridgehead atoms. The van der Waals surface area contributed by atoms with E-state index in [1.54, 1.807) is 6.07 Å². The van der Waals surface area contributed by atoms with Crippen molar-refractivity contribution in [1.29, 1.82) is 0 Å². The lowest BCUT2D eigenvalue weighted by Crippen LogP contribution is -2.22. The van der Waals surface area contributed by atoms with Crippen LogP contribution in [-0.2, 0) is 22.0 Å². The van der Waals surface area contributed by atoms with Crippen molar-refractivity contribution in [3.05, 3.63) is 33.3 Å². The first kappa shape index (κ1) is 15.8. The highest BCUT2D eigenvalue weighted by molar-refractivity contribution is 7.85. The molecule has 1 aromatic rings. The number of rotatable bonds is 5. The van der Waals surface area contributed by atoms with E-state index in [-0.39, 0.29) is 11.2 Å². The van der Waals surface area contributed by atoms with Crippen LogP contribution in [0.25, 0.3) is 0 Å². The fourth-order valence-electron chi connectivity index (χ4n) is 2.50. The van der Waals surface area contributed by atoms with Crippen LogP contribution in [0.2, 0.25) is 10.0 Å². The number of nitrogens with one attached hydrogen (secondary N) is 1. The Morgan fingerprint density at radius 1 is 1.45 bits per heavy atom. The molecule has 2 rings (SSSR count). The molecule has 20 heavy (non-hydrogen) atoms.